The van der Waals surface area contributed by atoms with E-state index >= 15 is 0 Å². The molecule has 5 N–H and O–H groups in total. The van der Waals surface area contributed by atoms with Crippen LogP contribution in [0.1, 0.15) is 11.7 Å². The van der Waals surface area contributed by atoms with E-state index in [1.165, 1.54) is 0 Å². The summed E-state index contributed by atoms with van der Waals surface area (Å²) in [4.78, 5) is 0. The summed E-state index contributed by atoms with van der Waals surface area (Å²) < 4.78 is 5.07. The van der Waals surface area contributed by atoms with Gasteiger partial charge in [0, 0.05) is 6.54 Å². The lowest BCUT2D eigenvalue weighted by molar-refractivity contribution is 0.186. The van der Waals surface area contributed by atoms with Gasteiger partial charge in [0.15, 0.2) is 0 Å². The van der Waals surface area contributed by atoms with Crippen molar-refractivity contribution in [2.75, 3.05) is 13.3 Å². The van der Waals surface area contributed by atoms with Gasteiger partial charge in [-0.05, 0) is 17.7 Å². The van der Waals surface area contributed by atoms with Crippen molar-refractivity contribution in [3.63, 3.8) is 0 Å². The smallest absolute Gasteiger partial charge is 0.137 e. The molecule has 4 heteroatoms. The molecule has 0 aromatic heterocycles. The summed E-state index contributed by atoms with van der Waals surface area (Å²) in [5.74, 6) is 0.646. The van der Waals surface area contributed by atoms with Crippen molar-refractivity contribution in [2.24, 2.45) is 11.5 Å². The second-order valence-corrected chi connectivity index (χ2v) is 2.63. The van der Waals surface area contributed by atoms with Gasteiger partial charge < -0.3 is 15.6 Å². The quantitative estimate of drug-likeness (QED) is 0.571. The maximum Gasteiger partial charge on any atom is 0.137 e. The number of benzene rings is 1. The third-order valence-corrected chi connectivity index (χ3v) is 1.72. The van der Waals surface area contributed by atoms with E-state index in [0.717, 1.165) is 5.56 Å². The molecule has 1 aromatic rings. The number of rotatable bonds is 4. The molecule has 0 unspecified atom stereocenters. The topological polar surface area (TPSA) is 81.5 Å². The lowest BCUT2D eigenvalue weighted by Gasteiger charge is -2.09. The number of nitrogens with two attached hydrogens (primary N) is 2. The Kier molecular flexibility index (Phi) is 3.70. The lowest BCUT2D eigenvalue weighted by atomic mass is 10.1. The van der Waals surface area contributed by atoms with Crippen LogP contribution in [0.3, 0.4) is 0 Å². The highest BCUT2D eigenvalue weighted by Gasteiger charge is 2.05. The molecule has 0 amide bonds. The lowest BCUT2D eigenvalue weighted by Crippen LogP contribution is -2.12. The van der Waals surface area contributed by atoms with E-state index in [1.54, 1.807) is 24.3 Å². The fraction of sp³-hybridized carbons (Fsp3) is 0.333. The molecule has 72 valence electrons. The number of aliphatic hydroxyl groups is 1. The summed E-state index contributed by atoms with van der Waals surface area (Å²) in [5, 5.41) is 9.41. The maximum atomic E-state index is 9.41. The van der Waals surface area contributed by atoms with Gasteiger partial charge in [0.1, 0.15) is 12.5 Å². The molecule has 0 saturated carbocycles. The molecule has 0 radical (unpaired) electrons. The van der Waals surface area contributed by atoms with Crippen LogP contribution in [0.15, 0.2) is 24.3 Å². The van der Waals surface area contributed by atoms with Gasteiger partial charge in [-0.25, -0.2) is 0 Å². The van der Waals surface area contributed by atoms with E-state index in [4.69, 9.17) is 16.2 Å². The normalized spacial score (nSPS) is 12.5. The molecular formula is C9H14N2O2. The van der Waals surface area contributed by atoms with Gasteiger partial charge in [-0.2, -0.15) is 0 Å². The van der Waals surface area contributed by atoms with E-state index in [-0.39, 0.29) is 13.3 Å². The molecule has 0 aliphatic rings. The molecule has 0 aliphatic heterocycles. The van der Waals surface area contributed by atoms with Crippen LogP contribution in [0, 0.1) is 0 Å². The third kappa shape index (κ3) is 2.69. The first-order valence-corrected chi connectivity index (χ1v) is 4.09. The van der Waals surface area contributed by atoms with Crippen molar-refractivity contribution in [3.05, 3.63) is 29.8 Å². The van der Waals surface area contributed by atoms with Gasteiger partial charge >= 0.3 is 0 Å². The summed E-state index contributed by atoms with van der Waals surface area (Å²) in [7, 11) is 0. The second-order valence-electron chi connectivity index (χ2n) is 2.63. The van der Waals surface area contributed by atoms with Crippen molar-refractivity contribution < 1.29 is 9.84 Å². The van der Waals surface area contributed by atoms with Crippen LogP contribution in [0.25, 0.3) is 0 Å². The highest BCUT2D eigenvalue weighted by atomic mass is 16.5. The molecule has 0 heterocycles. The Balaban J connectivity index is 2.78. The van der Waals surface area contributed by atoms with Gasteiger partial charge in [0.05, 0.1) is 6.10 Å². The summed E-state index contributed by atoms with van der Waals surface area (Å²) in [6, 6.07) is 7.09. The zero-order chi connectivity index (χ0) is 9.68. The van der Waals surface area contributed by atoms with E-state index in [0.29, 0.717) is 5.75 Å². The summed E-state index contributed by atoms with van der Waals surface area (Å²) in [5.41, 5.74) is 11.3. The van der Waals surface area contributed by atoms with E-state index in [1.807, 2.05) is 0 Å². The summed E-state index contributed by atoms with van der Waals surface area (Å²) >= 11 is 0. The first-order chi connectivity index (χ1) is 6.27. The molecule has 1 aromatic carbocycles. The van der Waals surface area contributed by atoms with Crippen molar-refractivity contribution in [1.82, 2.24) is 0 Å². The number of aliphatic hydroxyl groups excluding tert-OH is 1. The minimum Gasteiger partial charge on any atom is -0.479 e. The molecule has 1 rings (SSSR count). The SMILES string of the molecule is NCOc1cccc([C@H](O)CN)c1. The minimum absolute atomic E-state index is 0.127. The first-order valence-electron chi connectivity index (χ1n) is 4.09. The maximum absolute atomic E-state index is 9.41. The number of hydrogen-bond acceptors (Lipinski definition) is 4. The molecule has 0 fully saturated rings. The van der Waals surface area contributed by atoms with Crippen LogP contribution in [0.5, 0.6) is 5.75 Å². The fourth-order valence-corrected chi connectivity index (χ4v) is 1.04. The Morgan fingerprint density at radius 2 is 2.15 bits per heavy atom. The van der Waals surface area contributed by atoms with Crippen LogP contribution >= 0.6 is 0 Å². The molecule has 1 atom stereocenters. The van der Waals surface area contributed by atoms with E-state index in [2.05, 4.69) is 0 Å². The fourth-order valence-electron chi connectivity index (χ4n) is 1.04. The van der Waals surface area contributed by atoms with Crippen LogP contribution in [0.2, 0.25) is 0 Å². The van der Waals surface area contributed by atoms with E-state index < -0.39 is 6.10 Å². The Bertz CT molecular complexity index is 266. The molecule has 0 bridgehead atoms. The minimum atomic E-state index is -0.638. The van der Waals surface area contributed by atoms with Gasteiger partial charge in [-0.3, -0.25) is 5.73 Å². The molecule has 0 saturated heterocycles. The standard InChI is InChI=1S/C9H14N2O2/c10-5-9(12)7-2-1-3-8(4-7)13-6-11/h1-4,9,12H,5-6,10-11H2/t9-/m1/s1. The highest BCUT2D eigenvalue weighted by molar-refractivity contribution is 5.29. The van der Waals surface area contributed by atoms with Crippen LogP contribution in [0.4, 0.5) is 0 Å². The number of ether oxygens (including phenoxy) is 1. The van der Waals surface area contributed by atoms with Crippen molar-refractivity contribution in [2.45, 2.75) is 6.10 Å². The molecule has 13 heavy (non-hydrogen) atoms. The molecule has 4 nitrogen and oxygen atoms in total. The molecule has 0 spiro atoms. The van der Waals surface area contributed by atoms with Crippen molar-refractivity contribution in [1.29, 1.82) is 0 Å². The van der Waals surface area contributed by atoms with Gasteiger partial charge in [-0.1, -0.05) is 12.1 Å². The van der Waals surface area contributed by atoms with Crippen LogP contribution < -0.4 is 16.2 Å². The molecular weight excluding hydrogens is 168 g/mol. The third-order valence-electron chi connectivity index (χ3n) is 1.72. The zero-order valence-corrected chi connectivity index (χ0v) is 7.31. The number of hydrogen-bond donors (Lipinski definition) is 3. The van der Waals surface area contributed by atoms with Gasteiger partial charge in [0.2, 0.25) is 0 Å². The van der Waals surface area contributed by atoms with Gasteiger partial charge in [-0.15, -0.1) is 0 Å². The van der Waals surface area contributed by atoms with Crippen LogP contribution in [-0.4, -0.2) is 18.4 Å². The predicted octanol–water partition coefficient (Wildman–Crippen LogP) is -0.0263. The average Bonchev–Trinajstić information content (AvgIpc) is 2.18. The Morgan fingerprint density at radius 1 is 1.38 bits per heavy atom. The monoisotopic (exact) mass is 182 g/mol. The first kappa shape index (κ1) is 9.98. The average molecular weight is 182 g/mol. The zero-order valence-electron chi connectivity index (χ0n) is 7.31. The Labute approximate surface area is 77.1 Å². The highest BCUT2D eigenvalue weighted by Crippen LogP contribution is 2.18. The largest absolute Gasteiger partial charge is 0.479 e. The van der Waals surface area contributed by atoms with E-state index in [9.17, 15) is 5.11 Å². The predicted molar refractivity (Wildman–Crippen MR) is 50.1 cm³/mol. The summed E-state index contributed by atoms with van der Waals surface area (Å²) in [6.07, 6.45) is -0.638. The second kappa shape index (κ2) is 4.81. The van der Waals surface area contributed by atoms with Gasteiger partial charge in [0.25, 0.3) is 0 Å². The molecule has 0 aliphatic carbocycles. The van der Waals surface area contributed by atoms with Crippen molar-refractivity contribution >= 4 is 0 Å². The summed E-state index contributed by atoms with van der Waals surface area (Å²) in [6.45, 7) is 0.328. The van der Waals surface area contributed by atoms with Crippen molar-refractivity contribution in [3.8, 4) is 5.75 Å². The Morgan fingerprint density at radius 3 is 2.77 bits per heavy atom. The Hall–Kier alpha value is -1.10. The van der Waals surface area contributed by atoms with Crippen LogP contribution in [-0.2, 0) is 0 Å².